The maximum atomic E-state index is 12.8. The zero-order chi connectivity index (χ0) is 42.4. The van der Waals surface area contributed by atoms with Crippen LogP contribution in [-0.4, -0.2) is 63.9 Å². The van der Waals surface area contributed by atoms with Crippen molar-refractivity contribution in [2.45, 2.75) is 75.4 Å². The van der Waals surface area contributed by atoms with E-state index in [0.717, 1.165) is 84.6 Å². The van der Waals surface area contributed by atoms with Crippen LogP contribution in [0.25, 0.3) is 22.1 Å². The van der Waals surface area contributed by atoms with Gasteiger partial charge in [-0.1, -0.05) is 49.2 Å². The van der Waals surface area contributed by atoms with Crippen LogP contribution in [0, 0.1) is 0 Å². The number of nitrogens with one attached hydrogen (secondary N) is 2. The standard InChI is InChI=1S/2C25H23N3O3/c2*29-18-6-3-5-17(15-18)20-7-4-14-26-25(20)31-19-12-10-16(11-13-19)23(30)24-27-21-8-1-2-9-22(21)28-24/h2*1-2,4,7-14,17-18,29H,3,5-6,15H2,(H,27,28)/t2*17-,18-/m10/s1. The van der Waals surface area contributed by atoms with Crippen LogP contribution in [0.1, 0.15) is 107 Å². The average Bonchev–Trinajstić information content (AvgIpc) is 3.95. The van der Waals surface area contributed by atoms with Crippen molar-refractivity contribution in [3.05, 3.63) is 168 Å². The van der Waals surface area contributed by atoms with Gasteiger partial charge in [0.15, 0.2) is 11.6 Å². The van der Waals surface area contributed by atoms with Gasteiger partial charge in [-0.25, -0.2) is 19.9 Å². The molecular weight excluding hydrogens is 781 g/mol. The van der Waals surface area contributed by atoms with Crippen molar-refractivity contribution in [3.8, 4) is 23.3 Å². The number of fused-ring (bicyclic) bond motifs is 2. The molecule has 2 fully saturated rings. The lowest BCUT2D eigenvalue weighted by molar-refractivity contribution is 0.102. The Morgan fingerprint density at radius 1 is 0.516 bits per heavy atom. The Kier molecular flexibility index (Phi) is 11.9. The number of carbonyl (C=O) groups is 2. The third-order valence-corrected chi connectivity index (χ3v) is 11.6. The Morgan fingerprint density at radius 3 is 1.34 bits per heavy atom. The van der Waals surface area contributed by atoms with Gasteiger partial charge in [-0.15, -0.1) is 0 Å². The smallest absolute Gasteiger partial charge is 0.228 e. The highest BCUT2D eigenvalue weighted by Crippen LogP contribution is 2.39. The lowest BCUT2D eigenvalue weighted by Crippen LogP contribution is -2.18. The van der Waals surface area contributed by atoms with Crippen LogP contribution in [-0.2, 0) is 0 Å². The first-order valence-corrected chi connectivity index (χ1v) is 21.2. The molecule has 4 aromatic heterocycles. The van der Waals surface area contributed by atoms with E-state index in [4.69, 9.17) is 9.47 Å². The first-order valence-electron chi connectivity index (χ1n) is 21.2. The molecule has 8 aromatic rings. The molecule has 12 nitrogen and oxygen atoms in total. The number of pyridine rings is 2. The number of aliphatic hydroxyl groups excluding tert-OH is 2. The molecule has 4 atom stereocenters. The van der Waals surface area contributed by atoms with Crippen LogP contribution >= 0.6 is 0 Å². The number of imidazole rings is 2. The maximum Gasteiger partial charge on any atom is 0.228 e. The summed E-state index contributed by atoms with van der Waals surface area (Å²) in [5.41, 5.74) is 6.30. The van der Waals surface area contributed by atoms with Crippen LogP contribution in [0.3, 0.4) is 0 Å². The van der Waals surface area contributed by atoms with Crippen molar-refractivity contribution in [2.75, 3.05) is 0 Å². The maximum absolute atomic E-state index is 12.8. The first kappa shape index (κ1) is 40.4. The molecule has 2 saturated carbocycles. The minimum atomic E-state index is -0.268. The Morgan fingerprint density at radius 2 is 0.935 bits per heavy atom. The SMILES string of the molecule is O=C(c1ccc(Oc2ncccc2[C@@H]2CCC[C@@H](O)C2)cc1)c1nc2ccccc2[nH]1.O=C(c1ccc(Oc2ncccc2[C@H]2CCC[C@H](O)C2)cc1)c1nc2ccccc2[nH]1. The van der Waals surface area contributed by atoms with Crippen molar-refractivity contribution in [3.63, 3.8) is 0 Å². The van der Waals surface area contributed by atoms with Crippen molar-refractivity contribution in [1.29, 1.82) is 0 Å². The average molecular weight is 827 g/mol. The number of H-pyrrole nitrogens is 2. The number of aromatic amines is 2. The number of aromatic nitrogens is 6. The topological polar surface area (TPSA) is 176 Å². The normalized spacial score (nSPS) is 18.7. The predicted octanol–water partition coefficient (Wildman–Crippen LogP) is 10.00. The number of hydrogen-bond acceptors (Lipinski definition) is 10. The van der Waals surface area contributed by atoms with Gasteiger partial charge in [0.1, 0.15) is 11.5 Å². The van der Waals surface area contributed by atoms with Gasteiger partial charge in [0.2, 0.25) is 23.3 Å². The monoisotopic (exact) mass is 826 g/mol. The van der Waals surface area contributed by atoms with Crippen molar-refractivity contribution in [1.82, 2.24) is 29.9 Å². The molecule has 4 aromatic carbocycles. The van der Waals surface area contributed by atoms with Gasteiger partial charge in [-0.2, -0.15) is 0 Å². The van der Waals surface area contributed by atoms with E-state index in [2.05, 4.69) is 29.9 Å². The molecule has 312 valence electrons. The summed E-state index contributed by atoms with van der Waals surface area (Å²) in [6.07, 6.45) is 10.1. The zero-order valence-electron chi connectivity index (χ0n) is 34.0. The number of para-hydroxylation sites is 4. The predicted molar refractivity (Wildman–Crippen MR) is 235 cm³/mol. The molecular formula is C50H46N6O6. The summed E-state index contributed by atoms with van der Waals surface area (Å²) in [5, 5.41) is 20.1. The molecule has 0 spiro atoms. The molecule has 4 heterocycles. The van der Waals surface area contributed by atoms with Gasteiger partial charge in [0.25, 0.3) is 0 Å². The van der Waals surface area contributed by atoms with Gasteiger partial charge >= 0.3 is 0 Å². The molecule has 0 bridgehead atoms. The van der Waals surface area contributed by atoms with E-state index in [-0.39, 0.29) is 35.6 Å². The fourth-order valence-corrected chi connectivity index (χ4v) is 8.46. The fourth-order valence-electron chi connectivity index (χ4n) is 8.46. The fraction of sp³-hybridized carbons (Fsp3) is 0.240. The second-order valence-corrected chi connectivity index (χ2v) is 15.9. The van der Waals surface area contributed by atoms with Gasteiger partial charge in [0, 0.05) is 34.6 Å². The van der Waals surface area contributed by atoms with Crippen LogP contribution < -0.4 is 9.47 Å². The molecule has 0 aliphatic heterocycles. The molecule has 0 amide bonds. The summed E-state index contributed by atoms with van der Waals surface area (Å²) in [4.78, 5) is 49.4. The van der Waals surface area contributed by atoms with E-state index in [1.807, 2.05) is 72.8 Å². The van der Waals surface area contributed by atoms with E-state index in [0.29, 0.717) is 46.0 Å². The molecule has 2 aliphatic carbocycles. The van der Waals surface area contributed by atoms with Gasteiger partial charge in [-0.3, -0.25) is 9.59 Å². The number of hydrogen-bond donors (Lipinski definition) is 4. The van der Waals surface area contributed by atoms with E-state index in [1.54, 1.807) is 60.9 Å². The summed E-state index contributed by atoms with van der Waals surface area (Å²) in [6.45, 7) is 0. The van der Waals surface area contributed by atoms with Crippen molar-refractivity contribution in [2.24, 2.45) is 0 Å². The zero-order valence-corrected chi connectivity index (χ0v) is 34.0. The first-order chi connectivity index (χ1) is 30.3. The highest BCUT2D eigenvalue weighted by Gasteiger charge is 2.26. The molecule has 0 radical (unpaired) electrons. The second-order valence-electron chi connectivity index (χ2n) is 15.9. The summed E-state index contributed by atoms with van der Waals surface area (Å²) >= 11 is 0. The molecule has 4 N–H and O–H groups in total. The number of ether oxygens (including phenoxy) is 2. The van der Waals surface area contributed by atoms with E-state index in [1.165, 1.54) is 0 Å². The molecule has 10 rings (SSSR count). The van der Waals surface area contributed by atoms with Gasteiger partial charge in [-0.05, 0) is 135 Å². The minimum absolute atomic E-state index is 0.169. The Balaban J connectivity index is 0.000000158. The van der Waals surface area contributed by atoms with Crippen molar-refractivity contribution < 1.29 is 29.3 Å². The van der Waals surface area contributed by atoms with E-state index >= 15 is 0 Å². The number of aliphatic hydroxyl groups is 2. The Hall–Kier alpha value is -7.02. The van der Waals surface area contributed by atoms with Gasteiger partial charge in [0.05, 0.1) is 34.3 Å². The largest absolute Gasteiger partial charge is 0.439 e. The van der Waals surface area contributed by atoms with Crippen LogP contribution in [0.2, 0.25) is 0 Å². The van der Waals surface area contributed by atoms with E-state index < -0.39 is 0 Å². The third kappa shape index (κ3) is 9.16. The number of rotatable bonds is 10. The number of nitrogens with zero attached hydrogens (tertiary/aromatic N) is 4. The molecule has 2 aliphatic rings. The highest BCUT2D eigenvalue weighted by atomic mass is 16.5. The van der Waals surface area contributed by atoms with Crippen LogP contribution in [0.4, 0.5) is 0 Å². The molecule has 12 heteroatoms. The minimum Gasteiger partial charge on any atom is -0.439 e. The Bertz CT molecular complexity index is 2560. The lowest BCUT2D eigenvalue weighted by atomic mass is 9.83. The van der Waals surface area contributed by atoms with Crippen LogP contribution in [0.5, 0.6) is 23.3 Å². The number of benzene rings is 4. The molecule has 0 saturated heterocycles. The van der Waals surface area contributed by atoms with E-state index in [9.17, 15) is 19.8 Å². The van der Waals surface area contributed by atoms with Crippen LogP contribution in [0.15, 0.2) is 134 Å². The summed E-state index contributed by atoms with van der Waals surface area (Å²) in [7, 11) is 0. The summed E-state index contributed by atoms with van der Waals surface area (Å²) < 4.78 is 12.1. The lowest BCUT2D eigenvalue weighted by Gasteiger charge is -2.27. The third-order valence-electron chi connectivity index (χ3n) is 11.6. The molecule has 0 unspecified atom stereocenters. The molecule has 62 heavy (non-hydrogen) atoms. The van der Waals surface area contributed by atoms with Crippen molar-refractivity contribution >= 4 is 33.6 Å². The summed E-state index contributed by atoms with van der Waals surface area (Å²) in [6, 6.07) is 37.0. The quantitative estimate of drug-likeness (QED) is 0.0971. The highest BCUT2D eigenvalue weighted by molar-refractivity contribution is 6.08. The second kappa shape index (κ2) is 18.3. The van der Waals surface area contributed by atoms with Gasteiger partial charge < -0.3 is 29.7 Å². The number of ketones is 2. The Labute approximate surface area is 358 Å². The summed E-state index contributed by atoms with van der Waals surface area (Å²) in [5.74, 6) is 3.10. The number of carbonyl (C=O) groups excluding carboxylic acids is 2.